The van der Waals surface area contributed by atoms with E-state index in [1.165, 1.54) is 0 Å². The zero-order chi connectivity index (χ0) is 9.90. The second-order valence-corrected chi connectivity index (χ2v) is 4.42. The Morgan fingerprint density at radius 1 is 1.54 bits per heavy atom. The maximum Gasteiger partial charge on any atom is 0.0644 e. The van der Waals surface area contributed by atoms with Crippen molar-refractivity contribution < 1.29 is 5.11 Å². The van der Waals surface area contributed by atoms with Crippen LogP contribution in [0.2, 0.25) is 0 Å². The van der Waals surface area contributed by atoms with E-state index in [1.54, 1.807) is 0 Å². The summed E-state index contributed by atoms with van der Waals surface area (Å²) in [6.45, 7) is 8.54. The lowest BCUT2D eigenvalue weighted by molar-refractivity contribution is -0.00298. The lowest BCUT2D eigenvalue weighted by Crippen LogP contribution is -2.43. The average Bonchev–Trinajstić information content (AvgIpc) is 2.08. The van der Waals surface area contributed by atoms with Crippen LogP contribution in [0, 0.1) is 0 Å². The largest absolute Gasteiger partial charge is 0.390 e. The predicted octanol–water partition coefficient (Wildman–Crippen LogP) is 1.63. The van der Waals surface area contributed by atoms with Crippen molar-refractivity contribution in [2.24, 2.45) is 0 Å². The van der Waals surface area contributed by atoms with E-state index >= 15 is 0 Å². The van der Waals surface area contributed by atoms with Crippen molar-refractivity contribution in [1.29, 1.82) is 0 Å². The van der Waals surface area contributed by atoms with Gasteiger partial charge in [0.1, 0.15) is 0 Å². The van der Waals surface area contributed by atoms with E-state index in [4.69, 9.17) is 11.6 Å². The monoisotopic (exact) mass is 203 g/mol. The van der Waals surface area contributed by atoms with Crippen molar-refractivity contribution in [1.82, 2.24) is 4.90 Å². The van der Waals surface area contributed by atoms with Gasteiger partial charge in [-0.2, -0.15) is 0 Å². The van der Waals surface area contributed by atoms with Crippen LogP contribution in [0.15, 0.2) is 12.2 Å². The van der Waals surface area contributed by atoms with Crippen LogP contribution < -0.4 is 0 Å². The van der Waals surface area contributed by atoms with Crippen LogP contribution in [-0.2, 0) is 0 Å². The van der Waals surface area contributed by atoms with Gasteiger partial charge in [-0.3, -0.25) is 4.90 Å². The summed E-state index contributed by atoms with van der Waals surface area (Å²) in [6, 6.07) is 0. The zero-order valence-electron chi connectivity index (χ0n) is 8.22. The molecule has 0 aromatic carbocycles. The minimum Gasteiger partial charge on any atom is -0.390 e. The highest BCUT2D eigenvalue weighted by Gasteiger charge is 2.26. The van der Waals surface area contributed by atoms with Gasteiger partial charge < -0.3 is 5.11 Å². The molecule has 0 aromatic heterocycles. The highest BCUT2D eigenvalue weighted by atomic mass is 35.5. The molecule has 3 heteroatoms. The van der Waals surface area contributed by atoms with Crippen molar-refractivity contribution >= 4 is 11.6 Å². The standard InChI is InChI=1S/C10H18ClNO/c1-9(7-11)8-12-5-3-10(2,13)4-6-12/h13H,1,3-8H2,2H3. The van der Waals surface area contributed by atoms with Crippen LogP contribution in [0.3, 0.4) is 0 Å². The summed E-state index contributed by atoms with van der Waals surface area (Å²) in [5.74, 6) is 0.535. The molecule has 0 atom stereocenters. The van der Waals surface area contributed by atoms with Crippen molar-refractivity contribution in [2.45, 2.75) is 25.4 Å². The van der Waals surface area contributed by atoms with Crippen molar-refractivity contribution in [3.05, 3.63) is 12.2 Å². The fourth-order valence-electron chi connectivity index (χ4n) is 1.55. The van der Waals surface area contributed by atoms with E-state index in [0.29, 0.717) is 5.88 Å². The first-order valence-electron chi connectivity index (χ1n) is 4.71. The smallest absolute Gasteiger partial charge is 0.0644 e. The molecule has 1 heterocycles. The zero-order valence-corrected chi connectivity index (χ0v) is 8.98. The first kappa shape index (κ1) is 11.0. The van der Waals surface area contributed by atoms with Gasteiger partial charge >= 0.3 is 0 Å². The van der Waals surface area contributed by atoms with Crippen molar-refractivity contribution in [2.75, 3.05) is 25.5 Å². The molecule has 1 saturated heterocycles. The van der Waals surface area contributed by atoms with E-state index in [1.807, 2.05) is 6.92 Å². The quantitative estimate of drug-likeness (QED) is 0.557. The first-order valence-corrected chi connectivity index (χ1v) is 5.24. The van der Waals surface area contributed by atoms with E-state index in [9.17, 15) is 5.11 Å². The van der Waals surface area contributed by atoms with Gasteiger partial charge in [0, 0.05) is 25.5 Å². The summed E-state index contributed by atoms with van der Waals surface area (Å²) in [5.41, 5.74) is 0.599. The van der Waals surface area contributed by atoms with Gasteiger partial charge in [0.05, 0.1) is 5.60 Å². The van der Waals surface area contributed by atoms with Crippen LogP contribution in [-0.4, -0.2) is 41.1 Å². The summed E-state index contributed by atoms with van der Waals surface area (Å²) in [4.78, 5) is 2.29. The molecule has 2 nitrogen and oxygen atoms in total. The molecule has 0 bridgehead atoms. The Kier molecular flexibility index (Phi) is 3.77. The second-order valence-electron chi connectivity index (χ2n) is 4.16. The molecule has 1 rings (SSSR count). The van der Waals surface area contributed by atoms with Crippen LogP contribution in [0.5, 0.6) is 0 Å². The molecule has 1 aliphatic rings. The Bertz CT molecular complexity index is 181. The Hall–Kier alpha value is -0.0500. The number of aliphatic hydroxyl groups is 1. The van der Waals surface area contributed by atoms with Gasteiger partial charge in [-0.15, -0.1) is 11.6 Å². The molecule has 0 saturated carbocycles. The van der Waals surface area contributed by atoms with Crippen LogP contribution in [0.25, 0.3) is 0 Å². The van der Waals surface area contributed by atoms with E-state index < -0.39 is 5.60 Å². The first-order chi connectivity index (χ1) is 6.03. The molecule has 0 unspecified atom stereocenters. The van der Waals surface area contributed by atoms with Crippen LogP contribution in [0.4, 0.5) is 0 Å². The van der Waals surface area contributed by atoms with Gasteiger partial charge in [0.25, 0.3) is 0 Å². The molecule has 13 heavy (non-hydrogen) atoms. The molecule has 76 valence electrons. The minimum atomic E-state index is -0.460. The Morgan fingerprint density at radius 2 is 2.08 bits per heavy atom. The topological polar surface area (TPSA) is 23.5 Å². The molecule has 0 aliphatic carbocycles. The van der Waals surface area contributed by atoms with Gasteiger partial charge in [0.15, 0.2) is 0 Å². The highest BCUT2D eigenvalue weighted by Crippen LogP contribution is 2.21. The van der Waals surface area contributed by atoms with Gasteiger partial charge in [-0.05, 0) is 25.3 Å². The third-order valence-corrected chi connectivity index (χ3v) is 2.95. The Labute approximate surface area is 85.2 Å². The second kappa shape index (κ2) is 4.45. The van der Waals surface area contributed by atoms with Crippen LogP contribution >= 0.6 is 11.6 Å². The predicted molar refractivity (Wildman–Crippen MR) is 56.2 cm³/mol. The summed E-state index contributed by atoms with van der Waals surface area (Å²) in [6.07, 6.45) is 1.70. The van der Waals surface area contributed by atoms with Gasteiger partial charge in [-0.25, -0.2) is 0 Å². The maximum atomic E-state index is 9.71. The number of hydrogen-bond acceptors (Lipinski definition) is 2. The summed E-state index contributed by atoms with van der Waals surface area (Å²) in [7, 11) is 0. The number of nitrogens with zero attached hydrogens (tertiary/aromatic N) is 1. The highest BCUT2D eigenvalue weighted by molar-refractivity contribution is 6.19. The van der Waals surface area contributed by atoms with Gasteiger partial charge in [-0.1, -0.05) is 6.58 Å². The molecule has 0 amide bonds. The molecular formula is C10H18ClNO. The minimum absolute atomic E-state index is 0.460. The molecule has 1 fully saturated rings. The lowest BCUT2D eigenvalue weighted by atomic mass is 9.94. The fourth-order valence-corrected chi connectivity index (χ4v) is 1.64. The Morgan fingerprint density at radius 3 is 2.54 bits per heavy atom. The molecule has 1 aliphatic heterocycles. The number of halogens is 1. The maximum absolute atomic E-state index is 9.71. The van der Waals surface area contributed by atoms with E-state index in [0.717, 1.165) is 38.0 Å². The third kappa shape index (κ3) is 3.67. The normalized spacial score (nSPS) is 23.0. The van der Waals surface area contributed by atoms with Crippen molar-refractivity contribution in [3.8, 4) is 0 Å². The summed E-state index contributed by atoms with van der Waals surface area (Å²) >= 11 is 5.65. The molecule has 1 N–H and O–H groups in total. The SMILES string of the molecule is C=C(CCl)CN1CCC(C)(O)CC1. The van der Waals surface area contributed by atoms with E-state index in [2.05, 4.69) is 11.5 Å². The summed E-state index contributed by atoms with van der Waals surface area (Å²) < 4.78 is 0. The number of hydrogen-bond donors (Lipinski definition) is 1. The molecule has 0 aromatic rings. The molecule has 0 spiro atoms. The lowest BCUT2D eigenvalue weighted by Gasteiger charge is -2.35. The van der Waals surface area contributed by atoms with Crippen LogP contribution in [0.1, 0.15) is 19.8 Å². The average molecular weight is 204 g/mol. The number of piperidine rings is 1. The van der Waals surface area contributed by atoms with Gasteiger partial charge in [0.2, 0.25) is 0 Å². The third-order valence-electron chi connectivity index (χ3n) is 2.57. The number of rotatable bonds is 3. The number of likely N-dealkylation sites (tertiary alicyclic amines) is 1. The van der Waals surface area contributed by atoms with E-state index in [-0.39, 0.29) is 0 Å². The fraction of sp³-hybridized carbons (Fsp3) is 0.800. The van der Waals surface area contributed by atoms with Crippen molar-refractivity contribution in [3.63, 3.8) is 0 Å². The summed E-state index contributed by atoms with van der Waals surface area (Å²) in [5, 5.41) is 9.71. The molecule has 0 radical (unpaired) electrons. The Balaban J connectivity index is 2.29. The molecular weight excluding hydrogens is 186 g/mol. The number of alkyl halides is 1.